The molecule has 1 atom stereocenters. The molecule has 94 valence electrons. The largest absolute Gasteiger partial charge is 0.308 e. The quantitative estimate of drug-likeness (QED) is 0.918. The molecule has 2 aromatic rings. The van der Waals surface area contributed by atoms with Gasteiger partial charge in [0.2, 0.25) is 0 Å². The minimum absolute atomic E-state index is 0.141. The summed E-state index contributed by atoms with van der Waals surface area (Å²) in [5.41, 5.74) is 2.30. The summed E-state index contributed by atoms with van der Waals surface area (Å²) in [7, 11) is 1.83. The molecule has 1 unspecified atom stereocenters. The third kappa shape index (κ3) is 2.52. The molecule has 0 fully saturated rings. The van der Waals surface area contributed by atoms with Gasteiger partial charge in [0.05, 0.1) is 16.8 Å². The number of hydrogen-bond donors (Lipinski definition) is 1. The van der Waals surface area contributed by atoms with Gasteiger partial charge < -0.3 is 5.32 Å². The van der Waals surface area contributed by atoms with Crippen LogP contribution < -0.4 is 5.32 Å². The minimum atomic E-state index is -0.208. The fraction of sp³-hybridized carbons (Fsp3) is 0.214. The van der Waals surface area contributed by atoms with Gasteiger partial charge in [-0.05, 0) is 43.3 Å². The van der Waals surface area contributed by atoms with Crippen LogP contribution in [0.25, 0.3) is 0 Å². The molecule has 0 radical (unpaired) electrons. The van der Waals surface area contributed by atoms with Crippen molar-refractivity contribution in [2.45, 2.75) is 13.0 Å². The number of hydrogen-bond acceptors (Lipinski definition) is 2. The van der Waals surface area contributed by atoms with Gasteiger partial charge in [-0.1, -0.05) is 23.7 Å². The van der Waals surface area contributed by atoms with E-state index in [1.165, 1.54) is 6.07 Å². The zero-order valence-electron chi connectivity index (χ0n) is 10.2. The maximum atomic E-state index is 13.3. The lowest BCUT2D eigenvalue weighted by molar-refractivity contribution is 0.612. The Morgan fingerprint density at radius 2 is 2.11 bits per heavy atom. The lowest BCUT2D eigenvalue weighted by atomic mass is 10.0. The number of aryl methyl sites for hydroxylation is 1. The molecule has 2 nitrogen and oxygen atoms in total. The van der Waals surface area contributed by atoms with Crippen LogP contribution in [0.1, 0.15) is 22.9 Å². The number of nitrogens with one attached hydrogen (secondary N) is 1. The first-order valence-corrected chi connectivity index (χ1v) is 6.05. The van der Waals surface area contributed by atoms with Crippen LogP contribution in [0.3, 0.4) is 0 Å². The molecule has 0 amide bonds. The fourth-order valence-electron chi connectivity index (χ4n) is 1.92. The Hall–Kier alpha value is -1.45. The summed E-state index contributed by atoms with van der Waals surface area (Å²) in [5.74, 6) is -0.208. The molecule has 1 N–H and O–H groups in total. The molecule has 0 bridgehead atoms. The number of nitrogens with zero attached hydrogens (tertiary/aromatic N) is 1. The van der Waals surface area contributed by atoms with Gasteiger partial charge in [-0.3, -0.25) is 4.98 Å². The molecule has 2 rings (SSSR count). The second-order valence-corrected chi connectivity index (χ2v) is 4.51. The number of pyridine rings is 1. The van der Waals surface area contributed by atoms with Crippen LogP contribution >= 0.6 is 11.6 Å². The van der Waals surface area contributed by atoms with E-state index in [1.54, 1.807) is 31.3 Å². The Labute approximate surface area is 111 Å². The summed E-state index contributed by atoms with van der Waals surface area (Å²) in [6, 6.07) is 8.46. The number of halogens is 2. The van der Waals surface area contributed by atoms with Gasteiger partial charge in [-0.2, -0.15) is 0 Å². The topological polar surface area (TPSA) is 24.9 Å². The monoisotopic (exact) mass is 264 g/mol. The summed E-state index contributed by atoms with van der Waals surface area (Å²) in [6.07, 6.45) is 1.70. The first-order valence-electron chi connectivity index (χ1n) is 5.67. The van der Waals surface area contributed by atoms with Crippen LogP contribution in [0.4, 0.5) is 4.39 Å². The predicted octanol–water partition coefficient (Wildman–Crippen LogP) is 3.49. The highest BCUT2D eigenvalue weighted by Gasteiger charge is 2.17. The summed E-state index contributed by atoms with van der Waals surface area (Å²) < 4.78 is 13.3. The zero-order chi connectivity index (χ0) is 13.1. The van der Waals surface area contributed by atoms with E-state index in [0.29, 0.717) is 10.6 Å². The van der Waals surface area contributed by atoms with Crippen molar-refractivity contribution in [1.82, 2.24) is 10.3 Å². The van der Waals surface area contributed by atoms with Crippen LogP contribution in [0.2, 0.25) is 5.02 Å². The molecule has 0 saturated carbocycles. The summed E-state index contributed by atoms with van der Waals surface area (Å²) in [6.45, 7) is 1.74. The van der Waals surface area contributed by atoms with Crippen molar-refractivity contribution in [2.75, 3.05) is 7.05 Å². The SMILES string of the molecule is CNC(c1ccc(F)c(C)c1)c1ncccc1Cl. The molecule has 18 heavy (non-hydrogen) atoms. The molecule has 0 spiro atoms. The van der Waals surface area contributed by atoms with Crippen molar-refractivity contribution in [1.29, 1.82) is 0 Å². The second-order valence-electron chi connectivity index (χ2n) is 4.10. The Morgan fingerprint density at radius 3 is 2.72 bits per heavy atom. The first kappa shape index (κ1) is 13.0. The van der Waals surface area contributed by atoms with Crippen LogP contribution in [0, 0.1) is 12.7 Å². The van der Waals surface area contributed by atoms with Crippen LogP contribution in [-0.4, -0.2) is 12.0 Å². The molecule has 0 aliphatic carbocycles. The maximum absolute atomic E-state index is 13.3. The molecule has 1 aromatic carbocycles. The van der Waals surface area contributed by atoms with Crippen LogP contribution in [0.5, 0.6) is 0 Å². The van der Waals surface area contributed by atoms with E-state index >= 15 is 0 Å². The van der Waals surface area contributed by atoms with Crippen LogP contribution in [-0.2, 0) is 0 Å². The Bertz CT molecular complexity index is 557. The van der Waals surface area contributed by atoms with Gasteiger partial charge in [0.1, 0.15) is 5.82 Å². The summed E-state index contributed by atoms with van der Waals surface area (Å²) in [4.78, 5) is 4.29. The Kier molecular flexibility index (Phi) is 3.94. The molecular formula is C14H14ClFN2. The van der Waals surface area contributed by atoms with Gasteiger partial charge in [0.15, 0.2) is 0 Å². The van der Waals surface area contributed by atoms with Gasteiger partial charge in [-0.25, -0.2) is 4.39 Å². The van der Waals surface area contributed by atoms with E-state index in [2.05, 4.69) is 10.3 Å². The molecule has 0 saturated heterocycles. The van der Waals surface area contributed by atoms with E-state index in [4.69, 9.17) is 11.6 Å². The molecule has 0 aliphatic rings. The van der Waals surface area contributed by atoms with E-state index in [9.17, 15) is 4.39 Å². The lowest BCUT2D eigenvalue weighted by Crippen LogP contribution is -2.19. The van der Waals surface area contributed by atoms with E-state index in [0.717, 1.165) is 11.3 Å². The third-order valence-electron chi connectivity index (χ3n) is 2.86. The van der Waals surface area contributed by atoms with Crippen molar-refractivity contribution >= 4 is 11.6 Å². The molecule has 0 aliphatic heterocycles. The van der Waals surface area contributed by atoms with Crippen molar-refractivity contribution in [3.63, 3.8) is 0 Å². The van der Waals surface area contributed by atoms with E-state index in [-0.39, 0.29) is 11.9 Å². The van der Waals surface area contributed by atoms with E-state index in [1.807, 2.05) is 13.1 Å². The molecule has 1 heterocycles. The predicted molar refractivity (Wildman–Crippen MR) is 71.3 cm³/mol. The summed E-state index contributed by atoms with van der Waals surface area (Å²) >= 11 is 6.14. The van der Waals surface area contributed by atoms with Crippen molar-refractivity contribution in [3.05, 3.63) is 64.2 Å². The number of aromatic nitrogens is 1. The number of benzene rings is 1. The molecular weight excluding hydrogens is 251 g/mol. The zero-order valence-corrected chi connectivity index (χ0v) is 11.0. The average Bonchev–Trinajstić information content (AvgIpc) is 2.37. The third-order valence-corrected chi connectivity index (χ3v) is 3.18. The van der Waals surface area contributed by atoms with Crippen molar-refractivity contribution in [2.24, 2.45) is 0 Å². The molecule has 1 aromatic heterocycles. The Morgan fingerprint density at radius 1 is 1.33 bits per heavy atom. The lowest BCUT2D eigenvalue weighted by Gasteiger charge is -2.18. The normalized spacial score (nSPS) is 12.4. The van der Waals surface area contributed by atoms with E-state index < -0.39 is 0 Å². The molecule has 4 heteroatoms. The van der Waals surface area contributed by atoms with Crippen LogP contribution in [0.15, 0.2) is 36.5 Å². The Balaban J connectivity index is 2.45. The maximum Gasteiger partial charge on any atom is 0.126 e. The van der Waals surface area contributed by atoms with Gasteiger partial charge >= 0.3 is 0 Å². The smallest absolute Gasteiger partial charge is 0.126 e. The van der Waals surface area contributed by atoms with Crippen molar-refractivity contribution in [3.8, 4) is 0 Å². The average molecular weight is 265 g/mol. The first-order chi connectivity index (χ1) is 8.63. The van der Waals surface area contributed by atoms with Crippen molar-refractivity contribution < 1.29 is 4.39 Å². The highest BCUT2D eigenvalue weighted by molar-refractivity contribution is 6.31. The summed E-state index contributed by atoms with van der Waals surface area (Å²) in [5, 5.41) is 3.75. The second kappa shape index (κ2) is 5.46. The highest BCUT2D eigenvalue weighted by atomic mass is 35.5. The number of rotatable bonds is 3. The van der Waals surface area contributed by atoms with Gasteiger partial charge in [-0.15, -0.1) is 0 Å². The highest BCUT2D eigenvalue weighted by Crippen LogP contribution is 2.26. The fourth-order valence-corrected chi connectivity index (χ4v) is 2.15. The standard InChI is InChI=1S/C14H14ClFN2/c1-9-8-10(5-6-12(9)16)13(17-2)14-11(15)4-3-7-18-14/h3-8,13,17H,1-2H3. The van der Waals surface area contributed by atoms with Gasteiger partial charge in [0, 0.05) is 6.20 Å². The minimum Gasteiger partial charge on any atom is -0.308 e. The van der Waals surface area contributed by atoms with Gasteiger partial charge in [0.25, 0.3) is 0 Å².